The van der Waals surface area contributed by atoms with Crippen LogP contribution in [0.3, 0.4) is 0 Å². The van der Waals surface area contributed by atoms with E-state index in [1.54, 1.807) is 0 Å². The normalized spacial score (nSPS) is 36.6. The van der Waals surface area contributed by atoms with Crippen molar-refractivity contribution in [1.82, 2.24) is 0 Å². The minimum atomic E-state index is -1.54. The molecule has 0 spiro atoms. The summed E-state index contributed by atoms with van der Waals surface area (Å²) in [5.74, 6) is 0. The Morgan fingerprint density at radius 2 is 0.917 bits per heavy atom. The molecule has 2 aliphatic heterocycles. The van der Waals surface area contributed by atoms with Crippen molar-refractivity contribution in [2.45, 2.75) is 61.4 Å². The van der Waals surface area contributed by atoms with E-state index in [4.69, 9.17) is 39.5 Å². The van der Waals surface area contributed by atoms with Gasteiger partial charge < -0.3 is 59.1 Å². The summed E-state index contributed by atoms with van der Waals surface area (Å²) in [4.78, 5) is 5.12. The third-order valence-electron chi connectivity index (χ3n) is 5.38. The molecule has 36 heavy (non-hydrogen) atoms. The SMILES string of the molecule is [N-]=[N+]=NCC1O[C@H](OCCOCCOCCO[C@H]2OC(CN=[N+]=[N-])[C@@H](O)[C@H](O)C2O)C(O)[C@@H](O)[C@@H]1O. The quantitative estimate of drug-likeness (QED) is 0.0552. The van der Waals surface area contributed by atoms with Crippen molar-refractivity contribution in [3.05, 3.63) is 20.9 Å². The highest BCUT2D eigenvalue weighted by Gasteiger charge is 2.44. The van der Waals surface area contributed by atoms with Gasteiger partial charge in [0.2, 0.25) is 0 Å². The first-order valence-corrected chi connectivity index (χ1v) is 11.1. The van der Waals surface area contributed by atoms with Crippen LogP contribution in [0.5, 0.6) is 0 Å². The van der Waals surface area contributed by atoms with Gasteiger partial charge in [-0.2, -0.15) is 0 Å². The predicted octanol–water partition coefficient (Wildman–Crippen LogP) is -2.71. The van der Waals surface area contributed by atoms with Gasteiger partial charge in [0.05, 0.1) is 64.9 Å². The lowest BCUT2D eigenvalue weighted by molar-refractivity contribution is -0.296. The number of hydrogen-bond acceptors (Lipinski definition) is 14. The van der Waals surface area contributed by atoms with Gasteiger partial charge in [0, 0.05) is 9.82 Å². The van der Waals surface area contributed by atoms with Crippen molar-refractivity contribution >= 4 is 0 Å². The Hall–Kier alpha value is -1.86. The third-order valence-corrected chi connectivity index (χ3v) is 5.38. The lowest BCUT2D eigenvalue weighted by Gasteiger charge is -2.39. The van der Waals surface area contributed by atoms with Gasteiger partial charge in [-0.1, -0.05) is 10.2 Å². The second kappa shape index (κ2) is 16.1. The van der Waals surface area contributed by atoms with Crippen molar-refractivity contribution in [2.24, 2.45) is 10.2 Å². The summed E-state index contributed by atoms with van der Waals surface area (Å²) >= 11 is 0. The van der Waals surface area contributed by atoms with E-state index in [2.05, 4.69) is 20.1 Å². The fourth-order valence-corrected chi connectivity index (χ4v) is 3.41. The molecule has 6 N–H and O–H groups in total. The molecule has 0 bridgehead atoms. The number of ether oxygens (including phenoxy) is 6. The van der Waals surface area contributed by atoms with Crippen LogP contribution < -0.4 is 0 Å². The van der Waals surface area contributed by atoms with E-state index in [-0.39, 0.29) is 52.7 Å². The summed E-state index contributed by atoms with van der Waals surface area (Å²) < 4.78 is 32.0. The average Bonchev–Trinajstić information content (AvgIpc) is 2.88. The van der Waals surface area contributed by atoms with E-state index in [1.165, 1.54) is 0 Å². The van der Waals surface area contributed by atoms with E-state index < -0.39 is 61.4 Å². The Balaban J connectivity index is 1.55. The van der Waals surface area contributed by atoms with E-state index in [0.717, 1.165) is 0 Å². The fourth-order valence-electron chi connectivity index (χ4n) is 3.41. The van der Waals surface area contributed by atoms with Crippen LogP contribution in [-0.4, -0.2) is 145 Å². The highest BCUT2D eigenvalue weighted by Crippen LogP contribution is 2.23. The van der Waals surface area contributed by atoms with Crippen molar-refractivity contribution in [1.29, 1.82) is 0 Å². The van der Waals surface area contributed by atoms with Gasteiger partial charge in [0.1, 0.15) is 36.6 Å². The van der Waals surface area contributed by atoms with Crippen molar-refractivity contribution in [3.8, 4) is 0 Å². The summed E-state index contributed by atoms with van der Waals surface area (Å²) in [6, 6.07) is 0. The molecular formula is C18H32N6O12. The van der Waals surface area contributed by atoms with Gasteiger partial charge >= 0.3 is 0 Å². The molecule has 2 aliphatic rings. The van der Waals surface area contributed by atoms with Crippen molar-refractivity contribution in [3.63, 3.8) is 0 Å². The number of nitrogens with zero attached hydrogens (tertiary/aromatic N) is 6. The molecule has 18 heteroatoms. The molecule has 2 fully saturated rings. The highest BCUT2D eigenvalue weighted by molar-refractivity contribution is 4.91. The average molecular weight is 524 g/mol. The predicted molar refractivity (Wildman–Crippen MR) is 115 cm³/mol. The molecular weight excluding hydrogens is 492 g/mol. The van der Waals surface area contributed by atoms with Gasteiger partial charge in [-0.25, -0.2) is 0 Å². The molecule has 0 aliphatic carbocycles. The summed E-state index contributed by atoms with van der Waals surface area (Å²) in [5.41, 5.74) is 16.8. The van der Waals surface area contributed by atoms with Crippen LogP contribution in [-0.2, 0) is 28.4 Å². The number of azide groups is 2. The van der Waals surface area contributed by atoms with E-state index in [0.29, 0.717) is 0 Å². The van der Waals surface area contributed by atoms with Gasteiger partial charge in [-0.3, -0.25) is 0 Å². The van der Waals surface area contributed by atoms with Crippen LogP contribution in [0.15, 0.2) is 10.2 Å². The lowest BCUT2D eigenvalue weighted by atomic mass is 9.99. The van der Waals surface area contributed by atoms with E-state index in [9.17, 15) is 30.6 Å². The zero-order valence-corrected chi connectivity index (χ0v) is 19.2. The van der Waals surface area contributed by atoms with Gasteiger partial charge in [-0.05, 0) is 11.1 Å². The lowest BCUT2D eigenvalue weighted by Crippen LogP contribution is -2.59. The largest absolute Gasteiger partial charge is 0.388 e. The van der Waals surface area contributed by atoms with Crippen LogP contribution in [0.1, 0.15) is 0 Å². The smallest absolute Gasteiger partial charge is 0.186 e. The maximum atomic E-state index is 9.96. The molecule has 2 rings (SSSR count). The van der Waals surface area contributed by atoms with Gasteiger partial charge in [0.15, 0.2) is 12.6 Å². The Labute approximate surface area is 205 Å². The van der Waals surface area contributed by atoms with Crippen molar-refractivity contribution < 1.29 is 59.1 Å². The Morgan fingerprint density at radius 3 is 1.28 bits per heavy atom. The third kappa shape index (κ3) is 8.91. The number of rotatable bonds is 15. The molecule has 0 aromatic heterocycles. The number of aliphatic hydroxyl groups excluding tert-OH is 6. The molecule has 2 heterocycles. The Kier molecular flexibility index (Phi) is 13.6. The molecule has 2 saturated heterocycles. The Morgan fingerprint density at radius 1 is 0.556 bits per heavy atom. The molecule has 18 nitrogen and oxygen atoms in total. The summed E-state index contributed by atoms with van der Waals surface area (Å²) in [6.45, 7) is 0.0447. The molecule has 4 unspecified atom stereocenters. The Bertz CT molecular complexity index is 681. The molecule has 0 saturated carbocycles. The zero-order valence-electron chi connectivity index (χ0n) is 19.2. The van der Waals surface area contributed by atoms with E-state index >= 15 is 0 Å². The maximum Gasteiger partial charge on any atom is 0.186 e. The first kappa shape index (κ1) is 30.4. The van der Waals surface area contributed by atoms with Crippen molar-refractivity contribution in [2.75, 3.05) is 52.7 Å². The number of hydrogen-bond donors (Lipinski definition) is 6. The first-order valence-electron chi connectivity index (χ1n) is 11.1. The molecule has 0 radical (unpaired) electrons. The summed E-state index contributed by atoms with van der Waals surface area (Å²) in [6.07, 6.45) is -13.5. The van der Waals surface area contributed by atoms with Crippen LogP contribution in [0.25, 0.3) is 20.9 Å². The zero-order chi connectivity index (χ0) is 26.5. The number of aliphatic hydroxyl groups is 6. The van der Waals surface area contributed by atoms with Crippen LogP contribution in [0.2, 0.25) is 0 Å². The molecule has 10 atom stereocenters. The van der Waals surface area contributed by atoms with Crippen LogP contribution in [0.4, 0.5) is 0 Å². The monoisotopic (exact) mass is 524 g/mol. The topological polar surface area (TPSA) is 274 Å². The van der Waals surface area contributed by atoms with Crippen LogP contribution >= 0.6 is 0 Å². The summed E-state index contributed by atoms with van der Waals surface area (Å²) in [5, 5.41) is 66.0. The minimum Gasteiger partial charge on any atom is -0.388 e. The first-order chi connectivity index (χ1) is 17.3. The van der Waals surface area contributed by atoms with E-state index in [1.807, 2.05) is 0 Å². The maximum absolute atomic E-state index is 9.96. The highest BCUT2D eigenvalue weighted by atomic mass is 16.7. The molecule has 0 amide bonds. The second-order valence-electron chi connectivity index (χ2n) is 7.82. The molecule has 0 aromatic rings. The van der Waals surface area contributed by atoms with Gasteiger partial charge in [-0.15, -0.1) is 0 Å². The summed E-state index contributed by atoms with van der Waals surface area (Å²) in [7, 11) is 0. The minimum absolute atomic E-state index is 0.00993. The van der Waals surface area contributed by atoms with Crippen LogP contribution in [0, 0.1) is 0 Å². The fraction of sp³-hybridized carbons (Fsp3) is 1.00. The molecule has 0 aromatic carbocycles. The second-order valence-corrected chi connectivity index (χ2v) is 7.82. The standard InChI is InChI=1S/C18H32N6O12/c19-23-21-7-9-11(25)13(27)15(29)17(35-9)33-5-3-31-1-2-32-4-6-34-18-16(30)14(28)12(26)10(36-18)8-22-24-20/h9-18,25-30H,1-8H2/t9?,10?,11-,12-,13+,14+,15?,16?,17+,18+/m1/s1. The molecule has 206 valence electrons. The van der Waals surface area contributed by atoms with Gasteiger partial charge in [0.25, 0.3) is 0 Å².